The van der Waals surface area contributed by atoms with Crippen molar-refractivity contribution in [3.05, 3.63) is 45.9 Å². The lowest BCUT2D eigenvalue weighted by atomic mass is 9.55. The minimum atomic E-state index is -2.96. The molecule has 9 N–H and O–H groups in total. The van der Waals surface area contributed by atoms with Crippen LogP contribution in [0.1, 0.15) is 28.8 Å². The smallest absolute Gasteiger partial charge is 0.255 e. The zero-order chi connectivity index (χ0) is 30.0. The number of amides is 1. The summed E-state index contributed by atoms with van der Waals surface area (Å²) in [6, 6.07) is 1.54. The predicted octanol–water partition coefficient (Wildman–Crippen LogP) is -1.01. The molecule has 3 aliphatic rings. The molecule has 3 aliphatic carbocycles. The van der Waals surface area contributed by atoms with E-state index in [4.69, 9.17) is 5.73 Å². The summed E-state index contributed by atoms with van der Waals surface area (Å²) < 4.78 is 0. The van der Waals surface area contributed by atoms with Gasteiger partial charge in [0, 0.05) is 24.1 Å². The standard InChI is InChI=1S/C27H36N4O9/c1-10-12-6-7-13(29-8-11(9-32)30(2)3)20(33)15(12)21(34)16-14(10)22(35)18-19(31(4)5)23(36)17(26(28)39)25(38)27(18,40)24(16)37/h6-7,10-11,14,18-19,22,29,32-33,35-37,40H,8-9H2,1-5H3,(H2,28,39)/t10?,11?,14?,18?,19-,22?,27?/m0/s1. The van der Waals surface area contributed by atoms with Gasteiger partial charge in [-0.05, 0) is 45.7 Å². The van der Waals surface area contributed by atoms with Gasteiger partial charge in [-0.15, -0.1) is 0 Å². The quantitative estimate of drug-likeness (QED) is 0.149. The average Bonchev–Trinajstić information content (AvgIpc) is 2.86. The third kappa shape index (κ3) is 3.99. The number of fused-ring (bicyclic) bond motifs is 3. The molecule has 13 heteroatoms. The van der Waals surface area contributed by atoms with Crippen LogP contribution in [0.5, 0.6) is 5.75 Å². The van der Waals surface area contributed by atoms with Gasteiger partial charge in [-0.3, -0.25) is 19.3 Å². The molecule has 4 rings (SSSR count). The van der Waals surface area contributed by atoms with Crippen molar-refractivity contribution in [1.29, 1.82) is 0 Å². The van der Waals surface area contributed by atoms with Crippen LogP contribution < -0.4 is 11.1 Å². The van der Waals surface area contributed by atoms with Crippen molar-refractivity contribution >= 4 is 23.2 Å². The maximum Gasteiger partial charge on any atom is 0.255 e. The van der Waals surface area contributed by atoms with Gasteiger partial charge in [0.2, 0.25) is 5.78 Å². The van der Waals surface area contributed by atoms with Crippen molar-refractivity contribution in [2.24, 2.45) is 17.6 Å². The number of Topliss-reactive ketones (excluding diaryl/α,β-unsaturated/α-hetero) is 2. The number of phenols is 1. The first-order chi connectivity index (χ1) is 18.6. The molecule has 0 saturated heterocycles. The first-order valence-electron chi connectivity index (χ1n) is 12.8. The van der Waals surface area contributed by atoms with Gasteiger partial charge < -0.3 is 46.6 Å². The Labute approximate surface area is 230 Å². The number of nitrogens with two attached hydrogens (primary N) is 1. The number of primary amides is 1. The minimum absolute atomic E-state index is 0.166. The Morgan fingerprint density at radius 2 is 1.77 bits per heavy atom. The number of benzene rings is 1. The van der Waals surface area contributed by atoms with Crippen molar-refractivity contribution in [1.82, 2.24) is 9.80 Å². The Bertz CT molecular complexity index is 1340. The lowest BCUT2D eigenvalue weighted by molar-refractivity contribution is -0.162. The molecule has 1 aromatic rings. The lowest BCUT2D eigenvalue weighted by Crippen LogP contribution is -2.68. The van der Waals surface area contributed by atoms with Gasteiger partial charge in [-0.1, -0.05) is 13.0 Å². The third-order valence-corrected chi connectivity index (χ3v) is 8.60. The highest BCUT2D eigenvalue weighted by molar-refractivity contribution is 6.25. The summed E-state index contributed by atoms with van der Waals surface area (Å²) in [4.78, 5) is 42.6. The molecule has 7 atom stereocenters. The molecule has 218 valence electrons. The van der Waals surface area contributed by atoms with Crippen LogP contribution in [-0.4, -0.2) is 123 Å². The van der Waals surface area contributed by atoms with E-state index in [2.05, 4.69) is 5.32 Å². The molecule has 0 saturated carbocycles. The second kappa shape index (κ2) is 10.2. The third-order valence-electron chi connectivity index (χ3n) is 8.60. The maximum absolute atomic E-state index is 13.9. The van der Waals surface area contributed by atoms with Crippen molar-refractivity contribution in [2.75, 3.05) is 46.7 Å². The molecule has 0 heterocycles. The molecule has 0 aliphatic heterocycles. The van der Waals surface area contributed by atoms with Crippen LogP contribution >= 0.6 is 0 Å². The number of hydrogen-bond donors (Lipinski definition) is 8. The number of nitrogens with one attached hydrogen (secondary N) is 1. The summed E-state index contributed by atoms with van der Waals surface area (Å²) in [6.07, 6.45) is -1.65. The molecule has 40 heavy (non-hydrogen) atoms. The second-order valence-corrected chi connectivity index (χ2v) is 11.2. The molecule has 0 fully saturated rings. The number of rotatable bonds is 7. The number of phenolic OH excluding ortho intramolecular Hbond substituents is 1. The highest BCUT2D eigenvalue weighted by Gasteiger charge is 2.67. The Morgan fingerprint density at radius 1 is 1.15 bits per heavy atom. The van der Waals surface area contributed by atoms with Crippen LogP contribution in [0.2, 0.25) is 0 Å². The van der Waals surface area contributed by atoms with E-state index >= 15 is 0 Å². The van der Waals surface area contributed by atoms with E-state index < -0.39 is 81.4 Å². The number of hydrogen-bond acceptors (Lipinski definition) is 12. The fraction of sp³-hybridized carbons (Fsp3) is 0.519. The fourth-order valence-electron chi connectivity index (χ4n) is 6.40. The summed E-state index contributed by atoms with van der Waals surface area (Å²) in [5.41, 5.74) is 1.31. The minimum Gasteiger partial charge on any atom is -0.510 e. The normalized spacial score (nSPS) is 30.8. The molecule has 0 radical (unpaired) electrons. The van der Waals surface area contributed by atoms with E-state index in [0.29, 0.717) is 5.56 Å². The van der Waals surface area contributed by atoms with E-state index in [1.54, 1.807) is 38.1 Å². The van der Waals surface area contributed by atoms with Crippen molar-refractivity contribution < 1.29 is 45.0 Å². The SMILES string of the molecule is CC1c2ccc(NCC(CO)N(C)C)c(O)c2C(=O)C2=C(O)C3(O)C(=O)C(C(N)=O)=C(O)[C@@H](N(C)C)C3C(O)C21. The Morgan fingerprint density at radius 3 is 2.30 bits per heavy atom. The van der Waals surface area contributed by atoms with E-state index in [1.165, 1.54) is 19.0 Å². The van der Waals surface area contributed by atoms with Gasteiger partial charge in [0.15, 0.2) is 11.4 Å². The Kier molecular flexibility index (Phi) is 7.49. The number of carbonyl (C=O) groups excluding carboxylic acids is 3. The van der Waals surface area contributed by atoms with Crippen LogP contribution in [0.3, 0.4) is 0 Å². The van der Waals surface area contributed by atoms with E-state index in [0.717, 1.165) is 0 Å². The lowest BCUT2D eigenvalue weighted by Gasteiger charge is -2.53. The topological polar surface area (TPSA) is 217 Å². The largest absolute Gasteiger partial charge is 0.510 e. The second-order valence-electron chi connectivity index (χ2n) is 11.2. The number of aliphatic hydroxyl groups is 5. The van der Waals surface area contributed by atoms with Crippen molar-refractivity contribution in [2.45, 2.75) is 36.6 Å². The highest BCUT2D eigenvalue weighted by atomic mass is 16.4. The van der Waals surface area contributed by atoms with Gasteiger partial charge >= 0.3 is 0 Å². The first kappa shape index (κ1) is 29.5. The molecule has 0 spiro atoms. The van der Waals surface area contributed by atoms with Gasteiger partial charge in [0.05, 0.1) is 35.9 Å². The molecule has 0 bridgehead atoms. The highest BCUT2D eigenvalue weighted by Crippen LogP contribution is 2.56. The molecular formula is C27H36N4O9. The molecule has 1 aromatic carbocycles. The fourth-order valence-corrected chi connectivity index (χ4v) is 6.40. The van der Waals surface area contributed by atoms with Gasteiger partial charge in [0.1, 0.15) is 22.8 Å². The van der Waals surface area contributed by atoms with Gasteiger partial charge in [0.25, 0.3) is 5.91 Å². The number of aromatic hydroxyl groups is 1. The molecular weight excluding hydrogens is 524 g/mol. The number of likely N-dealkylation sites (N-methyl/N-ethyl adjacent to an activating group) is 2. The Balaban J connectivity index is 1.90. The predicted molar refractivity (Wildman–Crippen MR) is 143 cm³/mol. The summed E-state index contributed by atoms with van der Waals surface area (Å²) >= 11 is 0. The number of carbonyl (C=O) groups is 3. The first-order valence-corrected chi connectivity index (χ1v) is 12.8. The van der Waals surface area contributed by atoms with Gasteiger partial charge in [-0.25, -0.2) is 0 Å². The maximum atomic E-state index is 13.9. The van der Waals surface area contributed by atoms with Crippen LogP contribution in [0.25, 0.3) is 0 Å². The summed E-state index contributed by atoms with van der Waals surface area (Å²) in [7, 11) is 6.50. The molecule has 6 unspecified atom stereocenters. The van der Waals surface area contributed by atoms with Crippen LogP contribution in [0, 0.1) is 11.8 Å². The average molecular weight is 561 g/mol. The summed E-state index contributed by atoms with van der Waals surface area (Å²) in [5, 5.41) is 69.4. The number of ketones is 2. The monoisotopic (exact) mass is 560 g/mol. The van der Waals surface area contributed by atoms with E-state index in [-0.39, 0.29) is 30.4 Å². The number of anilines is 1. The van der Waals surface area contributed by atoms with Crippen molar-refractivity contribution in [3.63, 3.8) is 0 Å². The van der Waals surface area contributed by atoms with Crippen LogP contribution in [-0.2, 0) is 9.59 Å². The zero-order valence-corrected chi connectivity index (χ0v) is 22.9. The Hall–Kier alpha value is -3.49. The molecule has 13 nitrogen and oxygen atoms in total. The number of aliphatic hydroxyl groups excluding tert-OH is 4. The van der Waals surface area contributed by atoms with Crippen LogP contribution in [0.15, 0.2) is 34.8 Å². The van der Waals surface area contributed by atoms with Crippen molar-refractivity contribution in [3.8, 4) is 5.75 Å². The summed E-state index contributed by atoms with van der Waals surface area (Å²) in [6.45, 7) is 1.72. The number of nitrogens with zero attached hydrogens (tertiary/aromatic N) is 2. The zero-order valence-electron chi connectivity index (χ0n) is 22.9. The van der Waals surface area contributed by atoms with E-state index in [9.17, 15) is 45.0 Å². The van der Waals surface area contributed by atoms with E-state index in [1.807, 2.05) is 0 Å². The molecule has 0 aromatic heterocycles. The van der Waals surface area contributed by atoms with Crippen LogP contribution in [0.4, 0.5) is 5.69 Å². The summed E-state index contributed by atoms with van der Waals surface area (Å²) in [5.74, 6) is -9.36. The van der Waals surface area contributed by atoms with Gasteiger partial charge in [-0.2, -0.15) is 0 Å². The molecule has 1 amide bonds.